The van der Waals surface area contributed by atoms with Crippen molar-refractivity contribution in [2.24, 2.45) is 0 Å². The molecule has 2 atom stereocenters. The number of fused-ring (bicyclic) bond motifs is 3. The molecule has 172 valence electrons. The smallest absolute Gasteiger partial charge is 0.352 e. The first-order valence-electron chi connectivity index (χ1n) is 10.5. The average Bonchev–Trinajstić information content (AvgIpc) is 3.26. The Bertz CT molecular complexity index is 1410. The summed E-state index contributed by atoms with van der Waals surface area (Å²) in [7, 11) is 0. The number of halogens is 3. The SMILES string of the molecule is CC1CN(Cc2cnc3c(c2)c2ncnn2c(=O)n3Cc2ccc(F)c(Cl)c2F)CC(C)O1. The standard InChI is InChI=1S/C22H21ClF2N6O2/c1-12-7-29(8-13(2)33-12)9-14-5-16-20(26-6-14)30(22(32)31-21(16)27-11-28-31)10-15-3-4-17(24)18(23)19(15)25/h3-6,11-13H,7-10H2,1-2H3. The van der Waals surface area contributed by atoms with Crippen LogP contribution < -0.4 is 5.69 Å². The summed E-state index contributed by atoms with van der Waals surface area (Å²) >= 11 is 5.72. The Labute approximate surface area is 192 Å². The Kier molecular flexibility index (Phi) is 5.59. The Morgan fingerprint density at radius 2 is 1.88 bits per heavy atom. The zero-order chi connectivity index (χ0) is 23.3. The maximum atomic E-state index is 14.6. The average molecular weight is 475 g/mol. The van der Waals surface area contributed by atoms with Crippen LogP contribution in [-0.4, -0.2) is 54.3 Å². The van der Waals surface area contributed by atoms with Gasteiger partial charge in [-0.1, -0.05) is 17.7 Å². The van der Waals surface area contributed by atoms with E-state index in [1.165, 1.54) is 17.0 Å². The van der Waals surface area contributed by atoms with Gasteiger partial charge in [-0.2, -0.15) is 9.61 Å². The molecule has 4 heterocycles. The molecule has 33 heavy (non-hydrogen) atoms. The number of pyridine rings is 1. The molecule has 0 saturated carbocycles. The number of nitrogens with zero attached hydrogens (tertiary/aromatic N) is 6. The van der Waals surface area contributed by atoms with Crippen LogP contribution in [0, 0.1) is 11.6 Å². The molecule has 0 amide bonds. The van der Waals surface area contributed by atoms with E-state index in [4.69, 9.17) is 16.3 Å². The predicted molar refractivity (Wildman–Crippen MR) is 118 cm³/mol. The van der Waals surface area contributed by atoms with Crippen LogP contribution in [0.1, 0.15) is 25.0 Å². The third-order valence-corrected chi connectivity index (χ3v) is 6.07. The van der Waals surface area contributed by atoms with E-state index in [1.54, 1.807) is 6.20 Å². The van der Waals surface area contributed by atoms with Crippen molar-refractivity contribution >= 4 is 28.3 Å². The second-order valence-corrected chi connectivity index (χ2v) is 8.74. The van der Waals surface area contributed by atoms with Crippen molar-refractivity contribution in [1.29, 1.82) is 0 Å². The molecule has 0 spiro atoms. The number of aromatic nitrogens is 5. The van der Waals surface area contributed by atoms with Crippen LogP contribution in [0.3, 0.4) is 0 Å². The molecule has 8 nitrogen and oxygen atoms in total. The van der Waals surface area contributed by atoms with E-state index >= 15 is 0 Å². The molecule has 4 aromatic rings. The van der Waals surface area contributed by atoms with Gasteiger partial charge in [-0.05, 0) is 31.5 Å². The molecule has 0 aliphatic carbocycles. The predicted octanol–water partition coefficient (Wildman–Crippen LogP) is 3.03. The summed E-state index contributed by atoms with van der Waals surface area (Å²) < 4.78 is 36.4. The Morgan fingerprint density at radius 1 is 1.12 bits per heavy atom. The fraction of sp³-hybridized carbons (Fsp3) is 0.364. The van der Waals surface area contributed by atoms with Gasteiger partial charge in [0.2, 0.25) is 0 Å². The van der Waals surface area contributed by atoms with E-state index < -0.39 is 22.3 Å². The summed E-state index contributed by atoms with van der Waals surface area (Å²) in [6.45, 7) is 6.14. The normalized spacial score (nSPS) is 19.5. The van der Waals surface area contributed by atoms with Gasteiger partial charge in [-0.15, -0.1) is 0 Å². The number of morpholine rings is 1. The highest BCUT2D eigenvalue weighted by atomic mass is 35.5. The van der Waals surface area contributed by atoms with Gasteiger partial charge in [0, 0.05) is 31.4 Å². The van der Waals surface area contributed by atoms with Crippen molar-refractivity contribution < 1.29 is 13.5 Å². The van der Waals surface area contributed by atoms with Crippen LogP contribution in [0.5, 0.6) is 0 Å². The zero-order valence-corrected chi connectivity index (χ0v) is 18.8. The van der Waals surface area contributed by atoms with Crippen LogP contribution in [-0.2, 0) is 17.8 Å². The van der Waals surface area contributed by atoms with Crippen LogP contribution in [0.25, 0.3) is 16.7 Å². The minimum Gasteiger partial charge on any atom is -0.373 e. The van der Waals surface area contributed by atoms with E-state index in [9.17, 15) is 13.6 Å². The first-order chi connectivity index (χ1) is 15.8. The summed E-state index contributed by atoms with van der Waals surface area (Å²) in [5.41, 5.74) is 1.15. The van der Waals surface area contributed by atoms with E-state index in [0.29, 0.717) is 23.2 Å². The lowest BCUT2D eigenvalue weighted by atomic mass is 10.1. The Hall–Kier alpha value is -2.95. The monoisotopic (exact) mass is 474 g/mol. The summed E-state index contributed by atoms with van der Waals surface area (Å²) in [6.07, 6.45) is 3.25. The lowest BCUT2D eigenvalue weighted by Gasteiger charge is -2.35. The maximum absolute atomic E-state index is 14.6. The molecule has 2 unspecified atom stereocenters. The number of hydrogen-bond donors (Lipinski definition) is 0. The molecule has 0 N–H and O–H groups in total. The van der Waals surface area contributed by atoms with E-state index in [-0.39, 0.29) is 24.3 Å². The highest BCUT2D eigenvalue weighted by Crippen LogP contribution is 2.24. The molecule has 0 bridgehead atoms. The minimum atomic E-state index is -0.914. The first-order valence-corrected chi connectivity index (χ1v) is 10.9. The van der Waals surface area contributed by atoms with Gasteiger partial charge < -0.3 is 4.74 Å². The Balaban J connectivity index is 1.59. The lowest BCUT2D eigenvalue weighted by molar-refractivity contribution is -0.0705. The molecule has 1 aliphatic heterocycles. The largest absolute Gasteiger partial charge is 0.373 e. The van der Waals surface area contributed by atoms with Crippen molar-refractivity contribution in [3.8, 4) is 0 Å². The summed E-state index contributed by atoms with van der Waals surface area (Å²) in [5.74, 6) is -1.78. The van der Waals surface area contributed by atoms with E-state index in [2.05, 4.69) is 20.0 Å². The molecule has 1 saturated heterocycles. The summed E-state index contributed by atoms with van der Waals surface area (Å²) in [6, 6.07) is 4.24. The third kappa shape index (κ3) is 3.98. The van der Waals surface area contributed by atoms with Crippen LogP contribution in [0.4, 0.5) is 8.78 Å². The van der Waals surface area contributed by atoms with Crippen LogP contribution in [0.15, 0.2) is 35.5 Å². The molecule has 11 heteroatoms. The van der Waals surface area contributed by atoms with Crippen molar-refractivity contribution in [3.05, 3.63) is 69.0 Å². The fourth-order valence-electron chi connectivity index (χ4n) is 4.41. The fourth-order valence-corrected chi connectivity index (χ4v) is 4.59. The van der Waals surface area contributed by atoms with Crippen molar-refractivity contribution in [2.45, 2.75) is 39.1 Å². The molecular weight excluding hydrogens is 454 g/mol. The minimum absolute atomic E-state index is 0.0615. The number of benzene rings is 1. The van der Waals surface area contributed by atoms with Crippen LogP contribution >= 0.6 is 11.6 Å². The topological polar surface area (TPSA) is 77.6 Å². The highest BCUT2D eigenvalue weighted by Gasteiger charge is 2.23. The number of hydrogen-bond acceptors (Lipinski definition) is 6. The second-order valence-electron chi connectivity index (χ2n) is 8.36. The van der Waals surface area contributed by atoms with Crippen molar-refractivity contribution in [2.75, 3.05) is 13.1 Å². The molecule has 1 aromatic carbocycles. The maximum Gasteiger partial charge on any atom is 0.352 e. The van der Waals surface area contributed by atoms with E-state index in [1.807, 2.05) is 19.9 Å². The van der Waals surface area contributed by atoms with Gasteiger partial charge in [0.05, 0.1) is 24.1 Å². The Morgan fingerprint density at radius 3 is 2.64 bits per heavy atom. The van der Waals surface area contributed by atoms with E-state index in [0.717, 1.165) is 29.2 Å². The zero-order valence-electron chi connectivity index (χ0n) is 18.0. The molecule has 3 aromatic heterocycles. The molecule has 1 fully saturated rings. The molecule has 0 radical (unpaired) electrons. The van der Waals surface area contributed by atoms with Gasteiger partial charge in [-0.3, -0.25) is 9.47 Å². The number of ether oxygens (including phenoxy) is 1. The van der Waals surface area contributed by atoms with Crippen molar-refractivity contribution in [1.82, 2.24) is 29.0 Å². The molecule has 1 aliphatic rings. The van der Waals surface area contributed by atoms with Gasteiger partial charge in [0.15, 0.2) is 5.65 Å². The first kappa shape index (κ1) is 21.9. The lowest BCUT2D eigenvalue weighted by Crippen LogP contribution is -2.44. The molecule has 5 rings (SSSR count). The third-order valence-electron chi connectivity index (χ3n) is 5.72. The van der Waals surface area contributed by atoms with Gasteiger partial charge >= 0.3 is 5.69 Å². The van der Waals surface area contributed by atoms with Gasteiger partial charge in [0.25, 0.3) is 0 Å². The van der Waals surface area contributed by atoms with Crippen LogP contribution in [0.2, 0.25) is 5.02 Å². The van der Waals surface area contributed by atoms with Gasteiger partial charge in [0.1, 0.15) is 28.6 Å². The number of rotatable bonds is 4. The quantitative estimate of drug-likeness (QED) is 0.423. The summed E-state index contributed by atoms with van der Waals surface area (Å²) in [5, 5.41) is 4.02. The second kappa shape index (κ2) is 8.44. The summed E-state index contributed by atoms with van der Waals surface area (Å²) in [4.78, 5) is 24.1. The van der Waals surface area contributed by atoms with Gasteiger partial charge in [-0.25, -0.2) is 23.5 Å². The van der Waals surface area contributed by atoms with Crippen molar-refractivity contribution in [3.63, 3.8) is 0 Å². The highest BCUT2D eigenvalue weighted by molar-refractivity contribution is 6.30. The molecular formula is C22H21ClF2N6O2.